The van der Waals surface area contributed by atoms with Gasteiger partial charge in [0.05, 0.1) is 13.2 Å². The maximum atomic E-state index is 14.1. The van der Waals surface area contributed by atoms with E-state index in [0.717, 1.165) is 6.42 Å². The highest BCUT2D eigenvalue weighted by molar-refractivity contribution is 8.00. The second-order valence-electron chi connectivity index (χ2n) is 5.17. The molecule has 1 aliphatic rings. The number of hydrogen-bond acceptors (Lipinski definition) is 3. The van der Waals surface area contributed by atoms with Gasteiger partial charge in [0.1, 0.15) is 0 Å². The smallest absolute Gasteiger partial charge is 0.168 e. The van der Waals surface area contributed by atoms with Gasteiger partial charge < -0.3 is 9.84 Å². The molecule has 0 saturated heterocycles. The summed E-state index contributed by atoms with van der Waals surface area (Å²) in [7, 11) is 1.45. The number of ether oxygens (including phenoxy) is 1. The Morgan fingerprint density at radius 1 is 1.29 bits per heavy atom. The molecule has 2 unspecified atom stereocenters. The van der Waals surface area contributed by atoms with Crippen LogP contribution in [0.2, 0.25) is 0 Å². The van der Waals surface area contributed by atoms with E-state index in [9.17, 15) is 9.50 Å². The van der Waals surface area contributed by atoms with Crippen molar-refractivity contribution in [3.63, 3.8) is 0 Å². The molecular formula is C17H17FO2S. The van der Waals surface area contributed by atoms with Crippen LogP contribution in [-0.2, 0) is 12.8 Å². The molecule has 0 aromatic heterocycles. The van der Waals surface area contributed by atoms with Crippen molar-refractivity contribution in [2.75, 3.05) is 7.11 Å². The molecule has 0 bridgehead atoms. The number of aliphatic hydroxyl groups excluding tert-OH is 1. The summed E-state index contributed by atoms with van der Waals surface area (Å²) < 4.78 is 19.1. The van der Waals surface area contributed by atoms with Gasteiger partial charge in [-0.25, -0.2) is 4.39 Å². The van der Waals surface area contributed by atoms with Crippen molar-refractivity contribution in [2.45, 2.75) is 29.1 Å². The molecule has 4 heteroatoms. The first-order chi connectivity index (χ1) is 10.2. The van der Waals surface area contributed by atoms with Crippen molar-refractivity contribution in [1.29, 1.82) is 0 Å². The number of aliphatic hydroxyl groups is 1. The van der Waals surface area contributed by atoms with E-state index in [-0.39, 0.29) is 16.8 Å². The first kappa shape index (κ1) is 14.4. The standard InChI is InChI=1S/C17H17FO2S/c1-20-14-7-4-6-12(17(14)18)9-13(19)16-10-11-5-2-3-8-15(11)21-16/h2-8,13,16,19H,9-10H2,1H3. The second-order valence-corrected chi connectivity index (χ2v) is 6.45. The van der Waals surface area contributed by atoms with Crippen LogP contribution in [0, 0.1) is 5.82 Å². The minimum absolute atomic E-state index is 0.0769. The Balaban J connectivity index is 1.72. The maximum Gasteiger partial charge on any atom is 0.168 e. The van der Waals surface area contributed by atoms with E-state index in [1.165, 1.54) is 17.6 Å². The third kappa shape index (κ3) is 2.92. The summed E-state index contributed by atoms with van der Waals surface area (Å²) in [5.41, 5.74) is 1.76. The Labute approximate surface area is 128 Å². The predicted octanol–water partition coefficient (Wildman–Crippen LogP) is 3.45. The lowest BCUT2D eigenvalue weighted by molar-refractivity contribution is 0.170. The first-order valence-corrected chi connectivity index (χ1v) is 7.81. The predicted molar refractivity (Wildman–Crippen MR) is 82.5 cm³/mol. The summed E-state index contributed by atoms with van der Waals surface area (Å²) in [4.78, 5) is 1.22. The summed E-state index contributed by atoms with van der Waals surface area (Å²) in [6.45, 7) is 0. The van der Waals surface area contributed by atoms with Crippen molar-refractivity contribution in [2.24, 2.45) is 0 Å². The van der Waals surface area contributed by atoms with Gasteiger partial charge in [0.25, 0.3) is 0 Å². The molecule has 0 fully saturated rings. The quantitative estimate of drug-likeness (QED) is 0.938. The van der Waals surface area contributed by atoms with Crippen LogP contribution in [0.25, 0.3) is 0 Å². The zero-order valence-electron chi connectivity index (χ0n) is 11.8. The van der Waals surface area contributed by atoms with Crippen molar-refractivity contribution in [3.05, 3.63) is 59.4 Å². The van der Waals surface area contributed by atoms with Gasteiger partial charge in [-0.1, -0.05) is 30.3 Å². The van der Waals surface area contributed by atoms with Crippen molar-refractivity contribution < 1.29 is 14.2 Å². The zero-order valence-corrected chi connectivity index (χ0v) is 12.6. The van der Waals surface area contributed by atoms with Crippen LogP contribution in [0.4, 0.5) is 4.39 Å². The van der Waals surface area contributed by atoms with Gasteiger partial charge in [-0.15, -0.1) is 11.8 Å². The molecule has 1 aliphatic heterocycles. The fourth-order valence-corrected chi connectivity index (χ4v) is 3.95. The molecule has 2 nitrogen and oxygen atoms in total. The monoisotopic (exact) mass is 304 g/mol. The number of halogens is 1. The van der Waals surface area contributed by atoms with E-state index >= 15 is 0 Å². The topological polar surface area (TPSA) is 29.5 Å². The molecule has 1 heterocycles. The van der Waals surface area contributed by atoms with E-state index in [2.05, 4.69) is 12.1 Å². The normalized spacial score (nSPS) is 18.3. The molecule has 0 saturated carbocycles. The Hall–Kier alpha value is -1.52. The number of hydrogen-bond donors (Lipinski definition) is 1. The Morgan fingerprint density at radius 2 is 2.10 bits per heavy atom. The highest BCUT2D eigenvalue weighted by Crippen LogP contribution is 2.39. The van der Waals surface area contributed by atoms with Gasteiger partial charge in [0, 0.05) is 16.6 Å². The van der Waals surface area contributed by atoms with Gasteiger partial charge in [0.2, 0.25) is 0 Å². The van der Waals surface area contributed by atoms with E-state index < -0.39 is 6.10 Å². The van der Waals surface area contributed by atoms with E-state index in [4.69, 9.17) is 4.74 Å². The number of benzene rings is 2. The minimum Gasteiger partial charge on any atom is -0.494 e. The lowest BCUT2D eigenvalue weighted by Gasteiger charge is -2.18. The fraction of sp³-hybridized carbons (Fsp3) is 0.294. The molecule has 21 heavy (non-hydrogen) atoms. The number of methoxy groups -OCH3 is 1. The van der Waals surface area contributed by atoms with Crippen LogP contribution < -0.4 is 4.74 Å². The summed E-state index contributed by atoms with van der Waals surface area (Å²) in [5, 5.41) is 10.5. The fourth-order valence-electron chi connectivity index (χ4n) is 2.65. The summed E-state index contributed by atoms with van der Waals surface area (Å²) in [6, 6.07) is 13.2. The van der Waals surface area contributed by atoms with E-state index in [1.54, 1.807) is 30.0 Å². The summed E-state index contributed by atoms with van der Waals surface area (Å²) in [6.07, 6.45) is 0.548. The van der Waals surface area contributed by atoms with Crippen molar-refractivity contribution in [3.8, 4) is 5.75 Å². The molecule has 2 aromatic carbocycles. The summed E-state index contributed by atoms with van der Waals surface area (Å²) in [5.74, 6) is -0.151. The van der Waals surface area contributed by atoms with Crippen molar-refractivity contribution in [1.82, 2.24) is 0 Å². The van der Waals surface area contributed by atoms with Gasteiger partial charge in [-0.2, -0.15) is 0 Å². The van der Waals surface area contributed by atoms with Crippen LogP contribution in [0.5, 0.6) is 5.75 Å². The summed E-state index contributed by atoms with van der Waals surface area (Å²) >= 11 is 1.68. The molecule has 0 amide bonds. The van der Waals surface area contributed by atoms with Crippen molar-refractivity contribution >= 4 is 11.8 Å². The maximum absolute atomic E-state index is 14.1. The number of thioether (sulfide) groups is 1. The lowest BCUT2D eigenvalue weighted by atomic mass is 10.0. The Morgan fingerprint density at radius 3 is 2.86 bits per heavy atom. The number of fused-ring (bicyclic) bond motifs is 1. The van der Waals surface area contributed by atoms with Gasteiger partial charge >= 0.3 is 0 Å². The van der Waals surface area contributed by atoms with Gasteiger partial charge in [0.15, 0.2) is 11.6 Å². The average Bonchev–Trinajstić information content (AvgIpc) is 2.93. The molecule has 2 aromatic rings. The molecular weight excluding hydrogens is 287 g/mol. The van der Waals surface area contributed by atoms with Gasteiger partial charge in [-0.05, 0) is 29.7 Å². The largest absolute Gasteiger partial charge is 0.494 e. The molecule has 2 atom stereocenters. The molecule has 110 valence electrons. The van der Waals surface area contributed by atoms with Crippen LogP contribution >= 0.6 is 11.8 Å². The Kier molecular flexibility index (Phi) is 4.17. The van der Waals surface area contributed by atoms with Gasteiger partial charge in [-0.3, -0.25) is 0 Å². The van der Waals surface area contributed by atoms with Crippen LogP contribution in [-0.4, -0.2) is 23.6 Å². The third-order valence-corrected chi connectivity index (χ3v) is 5.23. The SMILES string of the molecule is COc1cccc(CC(O)C2Cc3ccccc3S2)c1F. The minimum atomic E-state index is -0.580. The average molecular weight is 304 g/mol. The van der Waals surface area contributed by atoms with Crippen LogP contribution in [0.15, 0.2) is 47.4 Å². The van der Waals surface area contributed by atoms with E-state index in [0.29, 0.717) is 12.0 Å². The molecule has 0 spiro atoms. The van der Waals surface area contributed by atoms with E-state index in [1.807, 2.05) is 12.1 Å². The molecule has 0 radical (unpaired) electrons. The third-order valence-electron chi connectivity index (χ3n) is 3.79. The molecule has 0 aliphatic carbocycles. The highest BCUT2D eigenvalue weighted by Gasteiger charge is 2.28. The molecule has 1 N–H and O–H groups in total. The molecule has 3 rings (SSSR count). The first-order valence-electron chi connectivity index (χ1n) is 6.93. The van der Waals surface area contributed by atoms with Crippen LogP contribution in [0.3, 0.4) is 0 Å². The highest BCUT2D eigenvalue weighted by atomic mass is 32.2. The lowest BCUT2D eigenvalue weighted by Crippen LogP contribution is -2.25. The second kappa shape index (κ2) is 6.08. The zero-order chi connectivity index (χ0) is 14.8. The number of rotatable bonds is 4. The Bertz CT molecular complexity index is 619. The van der Waals surface area contributed by atoms with Crippen LogP contribution in [0.1, 0.15) is 11.1 Å².